The topological polar surface area (TPSA) is 57.8 Å². The molecule has 1 atom stereocenters. The van der Waals surface area contributed by atoms with E-state index < -0.39 is 18.1 Å². The van der Waals surface area contributed by atoms with Crippen LogP contribution in [0.25, 0.3) is 0 Å². The van der Waals surface area contributed by atoms with Crippen molar-refractivity contribution in [3.05, 3.63) is 18.0 Å². The molecule has 0 spiro atoms. The first kappa shape index (κ1) is 10.6. The average molecular weight is 207 g/mol. The summed E-state index contributed by atoms with van der Waals surface area (Å²) in [6, 6.07) is -1.87. The SMILES string of the molecule is CC(NC(=O)c1cn[nH]c1)C(F)(F)F. The van der Waals surface area contributed by atoms with E-state index in [0.29, 0.717) is 0 Å². The molecule has 1 amide bonds. The molecule has 7 heteroatoms. The van der Waals surface area contributed by atoms with Gasteiger partial charge in [-0.25, -0.2) is 0 Å². The van der Waals surface area contributed by atoms with Crippen molar-refractivity contribution >= 4 is 5.91 Å². The van der Waals surface area contributed by atoms with Gasteiger partial charge in [-0.15, -0.1) is 0 Å². The molecule has 0 radical (unpaired) electrons. The lowest BCUT2D eigenvalue weighted by atomic mass is 10.3. The maximum atomic E-state index is 12.0. The normalized spacial score (nSPS) is 13.7. The molecule has 0 saturated carbocycles. The molecular weight excluding hydrogens is 199 g/mol. The Morgan fingerprint density at radius 3 is 2.71 bits per heavy atom. The molecule has 1 aromatic heterocycles. The van der Waals surface area contributed by atoms with Gasteiger partial charge in [-0.1, -0.05) is 0 Å². The summed E-state index contributed by atoms with van der Waals surface area (Å²) in [5, 5.41) is 7.57. The van der Waals surface area contributed by atoms with Crippen LogP contribution in [0.1, 0.15) is 17.3 Å². The minimum atomic E-state index is -4.43. The molecule has 0 fully saturated rings. The maximum absolute atomic E-state index is 12.0. The predicted molar refractivity (Wildman–Crippen MR) is 41.6 cm³/mol. The van der Waals surface area contributed by atoms with Crippen LogP contribution in [0.5, 0.6) is 0 Å². The minimum Gasteiger partial charge on any atom is -0.340 e. The van der Waals surface area contributed by atoms with E-state index in [4.69, 9.17) is 0 Å². The molecule has 2 N–H and O–H groups in total. The summed E-state index contributed by atoms with van der Waals surface area (Å²) in [6.07, 6.45) is -2.06. The molecule has 1 heterocycles. The van der Waals surface area contributed by atoms with Crippen molar-refractivity contribution in [3.8, 4) is 0 Å². The third kappa shape index (κ3) is 2.48. The zero-order valence-electron chi connectivity index (χ0n) is 7.22. The number of nitrogens with one attached hydrogen (secondary N) is 2. The Bertz CT molecular complexity index is 306. The van der Waals surface area contributed by atoms with Gasteiger partial charge in [0.15, 0.2) is 0 Å². The molecule has 4 nitrogen and oxygen atoms in total. The number of carbonyl (C=O) groups excluding carboxylic acids is 1. The first-order valence-corrected chi connectivity index (χ1v) is 3.77. The highest BCUT2D eigenvalue weighted by atomic mass is 19.4. The second-order valence-corrected chi connectivity index (χ2v) is 2.72. The van der Waals surface area contributed by atoms with Crippen molar-refractivity contribution in [3.63, 3.8) is 0 Å². The number of carbonyl (C=O) groups is 1. The van der Waals surface area contributed by atoms with Crippen LogP contribution in [0.4, 0.5) is 13.2 Å². The Morgan fingerprint density at radius 2 is 2.29 bits per heavy atom. The summed E-state index contributed by atoms with van der Waals surface area (Å²) in [5.74, 6) is -0.802. The van der Waals surface area contributed by atoms with E-state index in [-0.39, 0.29) is 5.56 Å². The van der Waals surface area contributed by atoms with Crippen LogP contribution in [0.2, 0.25) is 0 Å². The Kier molecular flexibility index (Phi) is 2.78. The van der Waals surface area contributed by atoms with Crippen LogP contribution < -0.4 is 5.32 Å². The number of halogens is 3. The Morgan fingerprint density at radius 1 is 1.64 bits per heavy atom. The number of nitrogens with zero attached hydrogens (tertiary/aromatic N) is 1. The zero-order chi connectivity index (χ0) is 10.8. The van der Waals surface area contributed by atoms with Crippen LogP contribution in [0, 0.1) is 0 Å². The van der Waals surface area contributed by atoms with Crippen molar-refractivity contribution < 1.29 is 18.0 Å². The number of H-pyrrole nitrogens is 1. The fourth-order valence-electron chi connectivity index (χ4n) is 0.737. The molecule has 1 unspecified atom stereocenters. The predicted octanol–water partition coefficient (Wildman–Crippen LogP) is 1.09. The lowest BCUT2D eigenvalue weighted by Gasteiger charge is -2.16. The van der Waals surface area contributed by atoms with Crippen molar-refractivity contribution in [1.29, 1.82) is 0 Å². The molecule has 0 aliphatic carbocycles. The second kappa shape index (κ2) is 3.69. The van der Waals surface area contributed by atoms with Crippen LogP contribution in [0.15, 0.2) is 12.4 Å². The molecular formula is C7H8F3N3O. The summed E-state index contributed by atoms with van der Waals surface area (Å²) in [5.41, 5.74) is 0.0705. The van der Waals surface area contributed by atoms with Gasteiger partial charge in [-0.05, 0) is 6.92 Å². The largest absolute Gasteiger partial charge is 0.408 e. The van der Waals surface area contributed by atoms with Gasteiger partial charge in [0.2, 0.25) is 0 Å². The average Bonchev–Trinajstić information content (AvgIpc) is 2.53. The molecule has 0 bridgehead atoms. The van der Waals surface area contributed by atoms with Crippen molar-refractivity contribution in [2.45, 2.75) is 19.1 Å². The summed E-state index contributed by atoms with van der Waals surface area (Å²) in [4.78, 5) is 11.1. The highest BCUT2D eigenvalue weighted by Gasteiger charge is 2.37. The third-order valence-corrected chi connectivity index (χ3v) is 1.60. The molecule has 0 aliphatic heterocycles. The first-order valence-electron chi connectivity index (χ1n) is 3.77. The monoisotopic (exact) mass is 207 g/mol. The molecule has 14 heavy (non-hydrogen) atoms. The van der Waals surface area contributed by atoms with E-state index in [0.717, 1.165) is 13.1 Å². The smallest absolute Gasteiger partial charge is 0.340 e. The van der Waals surface area contributed by atoms with Crippen molar-refractivity contribution in [1.82, 2.24) is 15.5 Å². The summed E-state index contributed by atoms with van der Waals surface area (Å²) in [6.45, 7) is 0.873. The molecule has 0 saturated heterocycles. The highest BCUT2D eigenvalue weighted by Crippen LogP contribution is 2.19. The standard InChI is InChI=1S/C7H8F3N3O/c1-4(7(8,9)10)13-6(14)5-2-11-12-3-5/h2-4H,1H3,(H,11,12)(H,13,14). The van der Waals surface area contributed by atoms with E-state index in [1.165, 1.54) is 6.20 Å². The van der Waals surface area contributed by atoms with E-state index in [1.54, 1.807) is 5.32 Å². The summed E-state index contributed by atoms with van der Waals surface area (Å²) in [7, 11) is 0. The second-order valence-electron chi connectivity index (χ2n) is 2.72. The maximum Gasteiger partial charge on any atom is 0.408 e. The van der Waals surface area contributed by atoms with Gasteiger partial charge in [-0.3, -0.25) is 9.89 Å². The number of hydrogen-bond acceptors (Lipinski definition) is 2. The highest BCUT2D eigenvalue weighted by molar-refractivity contribution is 5.93. The fourth-order valence-corrected chi connectivity index (χ4v) is 0.737. The number of amides is 1. The fraction of sp³-hybridized carbons (Fsp3) is 0.429. The van der Waals surface area contributed by atoms with Gasteiger partial charge in [0, 0.05) is 6.20 Å². The quantitative estimate of drug-likeness (QED) is 0.762. The van der Waals surface area contributed by atoms with E-state index in [9.17, 15) is 18.0 Å². The summed E-state index contributed by atoms with van der Waals surface area (Å²) >= 11 is 0. The van der Waals surface area contributed by atoms with Crippen LogP contribution in [0.3, 0.4) is 0 Å². The van der Waals surface area contributed by atoms with Gasteiger partial charge in [0.1, 0.15) is 6.04 Å². The van der Waals surface area contributed by atoms with Gasteiger partial charge in [0.25, 0.3) is 5.91 Å². The van der Waals surface area contributed by atoms with Crippen LogP contribution in [-0.4, -0.2) is 28.3 Å². The number of alkyl halides is 3. The molecule has 1 rings (SSSR count). The molecule has 1 aromatic rings. The third-order valence-electron chi connectivity index (χ3n) is 1.60. The number of rotatable bonds is 2. The molecule has 78 valence electrons. The van der Waals surface area contributed by atoms with E-state index in [2.05, 4.69) is 10.2 Å². The first-order chi connectivity index (χ1) is 6.41. The van der Waals surface area contributed by atoms with Gasteiger partial charge in [0.05, 0.1) is 11.8 Å². The minimum absolute atomic E-state index is 0.0705. The zero-order valence-corrected chi connectivity index (χ0v) is 7.22. The van der Waals surface area contributed by atoms with Gasteiger partial charge >= 0.3 is 6.18 Å². The Labute approximate surface area is 77.5 Å². The van der Waals surface area contributed by atoms with Crippen molar-refractivity contribution in [2.24, 2.45) is 0 Å². The van der Waals surface area contributed by atoms with Crippen LogP contribution >= 0.6 is 0 Å². The van der Waals surface area contributed by atoms with Crippen LogP contribution in [-0.2, 0) is 0 Å². The Hall–Kier alpha value is -1.53. The lowest BCUT2D eigenvalue weighted by molar-refractivity contribution is -0.149. The van der Waals surface area contributed by atoms with E-state index >= 15 is 0 Å². The summed E-state index contributed by atoms with van der Waals surface area (Å²) < 4.78 is 36.0. The molecule has 0 aromatic carbocycles. The lowest BCUT2D eigenvalue weighted by Crippen LogP contribution is -2.42. The van der Waals surface area contributed by atoms with Crippen molar-refractivity contribution in [2.75, 3.05) is 0 Å². The number of hydrogen-bond donors (Lipinski definition) is 2. The van der Waals surface area contributed by atoms with Gasteiger partial charge in [-0.2, -0.15) is 18.3 Å². The number of aromatic nitrogens is 2. The van der Waals surface area contributed by atoms with Gasteiger partial charge < -0.3 is 5.32 Å². The van der Waals surface area contributed by atoms with E-state index in [1.807, 2.05) is 0 Å². The Balaban J connectivity index is 2.58. The molecule has 0 aliphatic rings. The number of aromatic amines is 1.